The number of sulfonamides is 1. The third-order valence-corrected chi connectivity index (χ3v) is 6.91. The first-order valence-corrected chi connectivity index (χ1v) is 9.87. The van der Waals surface area contributed by atoms with Gasteiger partial charge in [-0.15, -0.1) is 0 Å². The van der Waals surface area contributed by atoms with Crippen molar-refractivity contribution in [2.24, 2.45) is 11.8 Å². The molecule has 2 N–H and O–H groups in total. The summed E-state index contributed by atoms with van der Waals surface area (Å²) in [7, 11) is -3.66. The number of carbonyl (C=O) groups is 2. The van der Waals surface area contributed by atoms with E-state index in [0.717, 1.165) is 6.42 Å². The van der Waals surface area contributed by atoms with E-state index in [1.165, 1.54) is 28.6 Å². The maximum atomic E-state index is 12.7. The molecule has 7 nitrogen and oxygen atoms in total. The standard InChI is InChI=1S/C17H22N2O5S/c1-11-10-15(11)18-16(20)12-6-8-19(9-7-12)25(23,24)14-4-2-13(3-5-14)17(21)22/h2-5,11-12,15H,6-10H2,1H3,(H,18,20)(H,21,22). The summed E-state index contributed by atoms with van der Waals surface area (Å²) in [6.07, 6.45) is 2.02. The molecular weight excluding hydrogens is 344 g/mol. The minimum absolute atomic E-state index is 0.0252. The Morgan fingerprint density at radius 1 is 1.16 bits per heavy atom. The molecule has 1 aromatic carbocycles. The summed E-state index contributed by atoms with van der Waals surface area (Å²) in [5, 5.41) is 11.9. The second-order valence-electron chi connectivity index (χ2n) is 6.84. The summed E-state index contributed by atoms with van der Waals surface area (Å²) >= 11 is 0. The minimum atomic E-state index is -3.66. The van der Waals surface area contributed by atoms with Gasteiger partial charge in [0.15, 0.2) is 0 Å². The van der Waals surface area contributed by atoms with Gasteiger partial charge in [0, 0.05) is 25.0 Å². The van der Waals surface area contributed by atoms with Crippen molar-refractivity contribution in [3.05, 3.63) is 29.8 Å². The quantitative estimate of drug-likeness (QED) is 0.818. The number of carbonyl (C=O) groups excluding carboxylic acids is 1. The summed E-state index contributed by atoms with van der Waals surface area (Å²) in [5.41, 5.74) is 0.0450. The number of carboxylic acid groups (broad SMARTS) is 1. The van der Waals surface area contributed by atoms with Crippen molar-refractivity contribution >= 4 is 21.9 Å². The third-order valence-electron chi connectivity index (χ3n) is 5.00. The Hall–Kier alpha value is -1.93. The van der Waals surface area contributed by atoms with Crippen LogP contribution >= 0.6 is 0 Å². The summed E-state index contributed by atoms with van der Waals surface area (Å²) in [4.78, 5) is 23.1. The Labute approximate surface area is 147 Å². The van der Waals surface area contributed by atoms with Crippen LogP contribution in [0.3, 0.4) is 0 Å². The summed E-state index contributed by atoms with van der Waals surface area (Å²) in [6, 6.07) is 5.47. The number of hydrogen-bond acceptors (Lipinski definition) is 4. The lowest BCUT2D eigenvalue weighted by Crippen LogP contribution is -2.43. The first kappa shape index (κ1) is 17.9. The molecule has 8 heteroatoms. The third kappa shape index (κ3) is 3.85. The molecule has 0 aromatic heterocycles. The lowest BCUT2D eigenvalue weighted by atomic mass is 9.97. The van der Waals surface area contributed by atoms with Crippen LogP contribution in [0.4, 0.5) is 0 Å². The highest BCUT2D eigenvalue weighted by Crippen LogP contribution is 2.30. The molecule has 136 valence electrons. The van der Waals surface area contributed by atoms with Gasteiger partial charge >= 0.3 is 5.97 Å². The van der Waals surface area contributed by atoms with Crippen molar-refractivity contribution < 1.29 is 23.1 Å². The zero-order chi connectivity index (χ0) is 18.2. The molecule has 3 rings (SSSR count). The number of aromatic carboxylic acids is 1. The number of rotatable bonds is 5. The van der Waals surface area contributed by atoms with Gasteiger partial charge in [-0.25, -0.2) is 13.2 Å². The SMILES string of the molecule is CC1CC1NC(=O)C1CCN(S(=O)(=O)c2ccc(C(=O)O)cc2)CC1. The van der Waals surface area contributed by atoms with Gasteiger partial charge in [0.1, 0.15) is 0 Å². The molecule has 1 aromatic rings. The Bertz CT molecular complexity index is 767. The average Bonchev–Trinajstić information content (AvgIpc) is 3.29. The predicted molar refractivity (Wildman–Crippen MR) is 90.6 cm³/mol. The van der Waals surface area contributed by atoms with Gasteiger partial charge in [-0.3, -0.25) is 4.79 Å². The molecule has 1 saturated carbocycles. The first-order valence-electron chi connectivity index (χ1n) is 8.43. The fourth-order valence-electron chi connectivity index (χ4n) is 3.10. The molecule has 1 saturated heterocycles. The number of carboxylic acids is 1. The smallest absolute Gasteiger partial charge is 0.335 e. The molecule has 2 unspecified atom stereocenters. The molecule has 25 heavy (non-hydrogen) atoms. The second kappa shape index (κ2) is 6.76. The van der Waals surface area contributed by atoms with Crippen LogP contribution in [-0.4, -0.2) is 48.8 Å². The Morgan fingerprint density at radius 3 is 2.20 bits per heavy atom. The van der Waals surface area contributed by atoms with Gasteiger partial charge < -0.3 is 10.4 Å². The minimum Gasteiger partial charge on any atom is -0.478 e. The highest BCUT2D eigenvalue weighted by atomic mass is 32.2. The zero-order valence-electron chi connectivity index (χ0n) is 14.0. The fraction of sp³-hybridized carbons (Fsp3) is 0.529. The number of benzene rings is 1. The van der Waals surface area contributed by atoms with E-state index in [4.69, 9.17) is 5.11 Å². The van der Waals surface area contributed by atoms with E-state index in [1.54, 1.807) is 0 Å². The lowest BCUT2D eigenvalue weighted by Gasteiger charge is -2.30. The molecule has 0 radical (unpaired) electrons. The largest absolute Gasteiger partial charge is 0.478 e. The molecule has 1 aliphatic heterocycles. The van der Waals surface area contributed by atoms with Crippen LogP contribution in [0.25, 0.3) is 0 Å². The topological polar surface area (TPSA) is 104 Å². The van der Waals surface area contributed by atoms with Gasteiger partial charge in [-0.05, 0) is 49.4 Å². The van der Waals surface area contributed by atoms with E-state index in [1.807, 2.05) is 0 Å². The van der Waals surface area contributed by atoms with Crippen LogP contribution in [0.15, 0.2) is 29.2 Å². The number of piperidine rings is 1. The van der Waals surface area contributed by atoms with E-state index in [2.05, 4.69) is 12.2 Å². The van der Waals surface area contributed by atoms with Crippen molar-refractivity contribution in [2.45, 2.75) is 37.1 Å². The van der Waals surface area contributed by atoms with Crippen molar-refractivity contribution in [3.8, 4) is 0 Å². The maximum absolute atomic E-state index is 12.7. The van der Waals surface area contributed by atoms with Crippen LogP contribution < -0.4 is 5.32 Å². The number of hydrogen-bond donors (Lipinski definition) is 2. The Kier molecular flexibility index (Phi) is 4.83. The summed E-state index contributed by atoms with van der Waals surface area (Å²) in [5.74, 6) is -0.676. The molecular formula is C17H22N2O5S. The van der Waals surface area contributed by atoms with E-state index in [0.29, 0.717) is 31.8 Å². The number of nitrogens with one attached hydrogen (secondary N) is 1. The maximum Gasteiger partial charge on any atom is 0.335 e. The highest BCUT2D eigenvalue weighted by molar-refractivity contribution is 7.89. The molecule has 0 bridgehead atoms. The van der Waals surface area contributed by atoms with E-state index in [-0.39, 0.29) is 28.3 Å². The van der Waals surface area contributed by atoms with Crippen LogP contribution in [0.5, 0.6) is 0 Å². The van der Waals surface area contributed by atoms with Gasteiger partial charge in [0.2, 0.25) is 15.9 Å². The molecule has 1 amide bonds. The van der Waals surface area contributed by atoms with E-state index < -0.39 is 16.0 Å². The van der Waals surface area contributed by atoms with Gasteiger partial charge in [-0.2, -0.15) is 4.31 Å². The van der Waals surface area contributed by atoms with E-state index >= 15 is 0 Å². The monoisotopic (exact) mass is 366 g/mol. The second-order valence-corrected chi connectivity index (χ2v) is 8.77. The van der Waals surface area contributed by atoms with E-state index in [9.17, 15) is 18.0 Å². The highest BCUT2D eigenvalue weighted by Gasteiger charge is 2.37. The molecule has 2 fully saturated rings. The lowest BCUT2D eigenvalue weighted by molar-refractivity contribution is -0.126. The molecule has 2 aliphatic rings. The van der Waals surface area contributed by atoms with Crippen molar-refractivity contribution in [1.82, 2.24) is 9.62 Å². The normalized spacial score (nSPS) is 24.7. The summed E-state index contributed by atoms with van der Waals surface area (Å²) < 4.78 is 26.7. The number of nitrogens with zero attached hydrogens (tertiary/aromatic N) is 1. The van der Waals surface area contributed by atoms with Crippen molar-refractivity contribution in [3.63, 3.8) is 0 Å². The Balaban J connectivity index is 1.61. The average molecular weight is 366 g/mol. The predicted octanol–water partition coefficient (Wildman–Crippen LogP) is 1.31. The number of amides is 1. The Morgan fingerprint density at radius 2 is 1.72 bits per heavy atom. The van der Waals surface area contributed by atoms with Gasteiger partial charge in [-0.1, -0.05) is 6.92 Å². The fourth-order valence-corrected chi connectivity index (χ4v) is 4.57. The zero-order valence-corrected chi connectivity index (χ0v) is 14.8. The van der Waals surface area contributed by atoms with Crippen LogP contribution in [-0.2, 0) is 14.8 Å². The molecule has 1 heterocycles. The van der Waals surface area contributed by atoms with Crippen LogP contribution in [0.2, 0.25) is 0 Å². The van der Waals surface area contributed by atoms with Gasteiger partial charge in [0.05, 0.1) is 10.5 Å². The van der Waals surface area contributed by atoms with Crippen LogP contribution in [0, 0.1) is 11.8 Å². The molecule has 0 spiro atoms. The van der Waals surface area contributed by atoms with Crippen molar-refractivity contribution in [2.75, 3.05) is 13.1 Å². The van der Waals surface area contributed by atoms with Crippen LogP contribution in [0.1, 0.15) is 36.5 Å². The summed E-state index contributed by atoms with van der Waals surface area (Å²) in [6.45, 7) is 2.68. The van der Waals surface area contributed by atoms with Crippen molar-refractivity contribution in [1.29, 1.82) is 0 Å². The van der Waals surface area contributed by atoms with Gasteiger partial charge in [0.25, 0.3) is 0 Å². The molecule has 2 atom stereocenters. The first-order chi connectivity index (χ1) is 11.8. The molecule has 1 aliphatic carbocycles.